The van der Waals surface area contributed by atoms with Gasteiger partial charge in [-0.2, -0.15) is 0 Å². The molecule has 0 aliphatic heterocycles. The van der Waals surface area contributed by atoms with Crippen molar-refractivity contribution in [2.45, 2.75) is 6.92 Å². The lowest BCUT2D eigenvalue weighted by Gasteiger charge is -2.06. The van der Waals surface area contributed by atoms with Gasteiger partial charge in [0.1, 0.15) is 17.2 Å². The number of nitrogens with one attached hydrogen (secondary N) is 2. The van der Waals surface area contributed by atoms with Crippen molar-refractivity contribution in [2.75, 3.05) is 24.6 Å². The number of amides is 1. The Bertz CT molecular complexity index is 806. The molecule has 0 aliphatic carbocycles. The van der Waals surface area contributed by atoms with Gasteiger partial charge in [-0.1, -0.05) is 12.1 Å². The fourth-order valence-electron chi connectivity index (χ4n) is 1.86. The Kier molecular flexibility index (Phi) is 6.13. The number of nitrogens with zero attached hydrogens (tertiary/aromatic N) is 3. The highest BCUT2D eigenvalue weighted by Gasteiger charge is 2.07. The Labute approximate surface area is 144 Å². The lowest BCUT2D eigenvalue weighted by atomic mass is 10.3. The number of benzene rings is 1. The number of pyridine rings is 1. The molecule has 0 aliphatic rings. The Morgan fingerprint density at radius 2 is 1.88 bits per heavy atom. The van der Waals surface area contributed by atoms with E-state index in [0.717, 1.165) is 0 Å². The maximum absolute atomic E-state index is 11.5. The number of nitrogen functional groups attached to an aromatic ring is 1. The van der Waals surface area contributed by atoms with Crippen molar-refractivity contribution in [3.63, 3.8) is 0 Å². The molecule has 130 valence electrons. The van der Waals surface area contributed by atoms with E-state index < -0.39 is 5.97 Å². The second-order valence-electron chi connectivity index (χ2n) is 4.94. The number of anilines is 2. The van der Waals surface area contributed by atoms with Crippen LogP contribution in [-0.4, -0.2) is 30.5 Å². The minimum Gasteiger partial charge on any atom is -0.424 e. The van der Waals surface area contributed by atoms with Gasteiger partial charge in [-0.15, -0.1) is 10.2 Å². The van der Waals surface area contributed by atoms with Crippen LogP contribution in [0.3, 0.4) is 0 Å². The quantitative estimate of drug-likeness (QED) is 0.419. The molecule has 9 nitrogen and oxygen atoms in total. The normalized spacial score (nSPS) is 10.6. The number of azo groups is 1. The molecule has 2 aromatic rings. The maximum atomic E-state index is 11.5. The Balaban J connectivity index is 2.17. The fraction of sp³-hybridized carbons (Fsp3) is 0.188. The third-order valence-corrected chi connectivity index (χ3v) is 2.89. The monoisotopic (exact) mass is 342 g/mol. The van der Waals surface area contributed by atoms with Gasteiger partial charge in [0.05, 0.1) is 6.54 Å². The summed E-state index contributed by atoms with van der Waals surface area (Å²) in [6, 6.07) is 9.86. The number of likely N-dealkylation sites (N-methyl/N-ethyl adjacent to an activating group) is 1. The second-order valence-corrected chi connectivity index (χ2v) is 4.94. The summed E-state index contributed by atoms with van der Waals surface area (Å²) in [5, 5.41) is 13.4. The van der Waals surface area contributed by atoms with Crippen molar-refractivity contribution in [1.82, 2.24) is 10.3 Å². The van der Waals surface area contributed by atoms with Gasteiger partial charge in [0, 0.05) is 6.92 Å². The van der Waals surface area contributed by atoms with Crippen LogP contribution in [0.1, 0.15) is 6.92 Å². The van der Waals surface area contributed by atoms with E-state index in [1.54, 1.807) is 43.4 Å². The standard InChI is InChI=1S/C16H18N6O3/c1-10(23)25-13-6-4-3-5-11(13)21-22-12-7-8-14(20-16(12)17)19-15(24)9-18-2/h3-8,18H,9H2,1-2H3,(H3,17,19,20,24)/b22-21+. The third kappa shape index (κ3) is 5.36. The zero-order chi connectivity index (χ0) is 18.2. The SMILES string of the molecule is CNCC(=O)Nc1ccc(/N=N/c2ccccc2OC(C)=O)c(N)n1. The molecule has 0 unspecified atom stereocenters. The molecular formula is C16H18N6O3. The van der Waals surface area contributed by atoms with Gasteiger partial charge in [0.25, 0.3) is 0 Å². The molecule has 1 aromatic carbocycles. The Morgan fingerprint density at radius 3 is 2.56 bits per heavy atom. The van der Waals surface area contributed by atoms with Crippen LogP contribution >= 0.6 is 0 Å². The lowest BCUT2D eigenvalue weighted by Crippen LogP contribution is -2.25. The van der Waals surface area contributed by atoms with Crippen LogP contribution in [0, 0.1) is 0 Å². The summed E-state index contributed by atoms with van der Waals surface area (Å²) in [4.78, 5) is 26.7. The smallest absolute Gasteiger partial charge is 0.308 e. The molecule has 1 heterocycles. The van der Waals surface area contributed by atoms with E-state index in [2.05, 4.69) is 25.8 Å². The summed E-state index contributed by atoms with van der Waals surface area (Å²) in [5.74, 6) is 0.0267. The topological polar surface area (TPSA) is 131 Å². The minimum atomic E-state index is -0.453. The highest BCUT2D eigenvalue weighted by molar-refractivity contribution is 5.91. The van der Waals surface area contributed by atoms with E-state index in [4.69, 9.17) is 10.5 Å². The number of hydrogen-bond acceptors (Lipinski definition) is 8. The first-order valence-electron chi connectivity index (χ1n) is 7.39. The van der Waals surface area contributed by atoms with Crippen molar-refractivity contribution in [1.29, 1.82) is 0 Å². The summed E-state index contributed by atoms with van der Waals surface area (Å²) < 4.78 is 5.06. The van der Waals surface area contributed by atoms with Gasteiger partial charge in [-0.05, 0) is 31.3 Å². The molecule has 0 fully saturated rings. The Hall–Kier alpha value is -3.33. The molecule has 0 radical (unpaired) electrons. The van der Waals surface area contributed by atoms with Gasteiger partial charge < -0.3 is 21.1 Å². The molecule has 2 rings (SSSR count). The molecule has 4 N–H and O–H groups in total. The molecule has 1 amide bonds. The number of esters is 1. The second kappa shape index (κ2) is 8.50. The molecule has 0 bridgehead atoms. The third-order valence-electron chi connectivity index (χ3n) is 2.89. The summed E-state index contributed by atoms with van der Waals surface area (Å²) in [7, 11) is 1.67. The van der Waals surface area contributed by atoms with Crippen LogP contribution in [-0.2, 0) is 9.59 Å². The van der Waals surface area contributed by atoms with Crippen molar-refractivity contribution in [2.24, 2.45) is 10.2 Å². The molecule has 0 atom stereocenters. The first-order valence-corrected chi connectivity index (χ1v) is 7.39. The van der Waals surface area contributed by atoms with E-state index in [1.165, 1.54) is 6.92 Å². The van der Waals surface area contributed by atoms with Crippen LogP contribution in [0.4, 0.5) is 23.0 Å². The van der Waals surface area contributed by atoms with Crippen LogP contribution in [0.5, 0.6) is 5.75 Å². The number of para-hydroxylation sites is 1. The van der Waals surface area contributed by atoms with E-state index >= 15 is 0 Å². The average molecular weight is 342 g/mol. The molecule has 1 aromatic heterocycles. The maximum Gasteiger partial charge on any atom is 0.308 e. The Morgan fingerprint density at radius 1 is 1.16 bits per heavy atom. The minimum absolute atomic E-state index is 0.107. The van der Waals surface area contributed by atoms with E-state index in [1.807, 2.05) is 0 Å². The summed E-state index contributed by atoms with van der Waals surface area (Å²) in [6.07, 6.45) is 0. The summed E-state index contributed by atoms with van der Waals surface area (Å²) in [5.41, 5.74) is 6.54. The number of carbonyl (C=O) groups is 2. The summed E-state index contributed by atoms with van der Waals surface area (Å²) in [6.45, 7) is 1.47. The van der Waals surface area contributed by atoms with E-state index in [-0.39, 0.29) is 18.3 Å². The zero-order valence-corrected chi connectivity index (χ0v) is 13.8. The number of nitrogens with two attached hydrogens (primary N) is 1. The number of rotatable bonds is 6. The zero-order valence-electron chi connectivity index (χ0n) is 13.8. The first kappa shape index (κ1) is 18.0. The van der Waals surface area contributed by atoms with Crippen molar-refractivity contribution in [3.8, 4) is 5.75 Å². The van der Waals surface area contributed by atoms with Gasteiger partial charge in [-0.25, -0.2) is 4.98 Å². The highest BCUT2D eigenvalue weighted by atomic mass is 16.5. The van der Waals surface area contributed by atoms with E-state index in [0.29, 0.717) is 22.9 Å². The molecule has 25 heavy (non-hydrogen) atoms. The predicted molar refractivity (Wildman–Crippen MR) is 93.1 cm³/mol. The van der Waals surface area contributed by atoms with Crippen molar-refractivity contribution >= 4 is 34.9 Å². The number of aromatic nitrogens is 1. The highest BCUT2D eigenvalue weighted by Crippen LogP contribution is 2.30. The van der Waals surface area contributed by atoms with Crippen molar-refractivity contribution < 1.29 is 14.3 Å². The molecule has 0 saturated carbocycles. The number of carbonyl (C=O) groups excluding carboxylic acids is 2. The van der Waals surface area contributed by atoms with E-state index in [9.17, 15) is 9.59 Å². The van der Waals surface area contributed by atoms with Gasteiger partial charge in [-0.3, -0.25) is 9.59 Å². The number of ether oxygens (including phenoxy) is 1. The number of hydrogen-bond donors (Lipinski definition) is 3. The average Bonchev–Trinajstić information content (AvgIpc) is 2.55. The molecule has 0 spiro atoms. The fourth-order valence-corrected chi connectivity index (χ4v) is 1.86. The molecule has 9 heteroatoms. The predicted octanol–water partition coefficient (Wildman–Crippen LogP) is 2.16. The first-order chi connectivity index (χ1) is 12.0. The van der Waals surface area contributed by atoms with Crippen LogP contribution < -0.4 is 21.1 Å². The summed E-state index contributed by atoms with van der Waals surface area (Å²) >= 11 is 0. The molecule has 0 saturated heterocycles. The van der Waals surface area contributed by atoms with Gasteiger partial charge in [0.15, 0.2) is 11.6 Å². The largest absolute Gasteiger partial charge is 0.424 e. The van der Waals surface area contributed by atoms with Gasteiger partial charge in [0.2, 0.25) is 5.91 Å². The van der Waals surface area contributed by atoms with Crippen LogP contribution in [0.2, 0.25) is 0 Å². The molecular weight excluding hydrogens is 324 g/mol. The van der Waals surface area contributed by atoms with Crippen LogP contribution in [0.25, 0.3) is 0 Å². The lowest BCUT2D eigenvalue weighted by molar-refractivity contribution is -0.131. The van der Waals surface area contributed by atoms with Crippen LogP contribution in [0.15, 0.2) is 46.6 Å². The van der Waals surface area contributed by atoms with Crippen molar-refractivity contribution in [3.05, 3.63) is 36.4 Å². The van der Waals surface area contributed by atoms with Gasteiger partial charge >= 0.3 is 5.97 Å².